The molecule has 1 aliphatic heterocycles. The highest BCUT2D eigenvalue weighted by Crippen LogP contribution is 2.46. The molecule has 1 unspecified atom stereocenters. The first-order valence-electron chi connectivity index (χ1n) is 8.37. The second-order valence-electron chi connectivity index (χ2n) is 7.15. The quantitative estimate of drug-likeness (QED) is 0.915. The van der Waals surface area contributed by atoms with Crippen molar-refractivity contribution >= 4 is 0 Å². The Bertz CT molecular complexity index is 725. The normalized spacial score (nSPS) is 25.7. The molecule has 2 aliphatic rings. The standard InChI is InChI=1S/C20H23FN2/c1-23(2)12-15-11-22-20-18-10-16(21)8-7-14(18)9-13-5-3-4-6-17(13)19(15)20/h3-8,10,15,19-20,22H,9,11-12H2,1-2H3/t15?,19-,20-/m1/s1. The predicted octanol–water partition coefficient (Wildman–Crippen LogP) is 3.34. The van der Waals surface area contributed by atoms with Gasteiger partial charge >= 0.3 is 0 Å². The van der Waals surface area contributed by atoms with Gasteiger partial charge in [0.05, 0.1) is 0 Å². The van der Waals surface area contributed by atoms with Gasteiger partial charge in [-0.15, -0.1) is 0 Å². The van der Waals surface area contributed by atoms with Gasteiger partial charge in [0.1, 0.15) is 5.82 Å². The summed E-state index contributed by atoms with van der Waals surface area (Å²) in [6, 6.07) is 14.3. The minimum Gasteiger partial charge on any atom is -0.309 e. The van der Waals surface area contributed by atoms with E-state index < -0.39 is 0 Å². The largest absolute Gasteiger partial charge is 0.309 e. The van der Waals surface area contributed by atoms with Crippen LogP contribution in [-0.2, 0) is 6.42 Å². The van der Waals surface area contributed by atoms with E-state index in [2.05, 4.69) is 48.6 Å². The molecule has 1 fully saturated rings. The van der Waals surface area contributed by atoms with Gasteiger partial charge in [-0.3, -0.25) is 0 Å². The molecule has 3 atom stereocenters. The van der Waals surface area contributed by atoms with E-state index in [1.807, 2.05) is 6.07 Å². The zero-order chi connectivity index (χ0) is 16.0. The number of nitrogens with zero attached hydrogens (tertiary/aromatic N) is 1. The molecule has 0 spiro atoms. The van der Waals surface area contributed by atoms with Gasteiger partial charge in [-0.05, 0) is 60.8 Å². The van der Waals surface area contributed by atoms with Crippen LogP contribution in [0.5, 0.6) is 0 Å². The van der Waals surface area contributed by atoms with Crippen LogP contribution < -0.4 is 5.32 Å². The molecular formula is C20H23FN2. The smallest absolute Gasteiger partial charge is 0.123 e. The Labute approximate surface area is 137 Å². The molecule has 1 saturated heterocycles. The molecule has 0 saturated carbocycles. The molecule has 2 nitrogen and oxygen atoms in total. The second kappa shape index (κ2) is 5.73. The summed E-state index contributed by atoms with van der Waals surface area (Å²) in [5.74, 6) is 0.827. The molecule has 0 bridgehead atoms. The number of nitrogens with one attached hydrogen (secondary N) is 1. The maximum Gasteiger partial charge on any atom is 0.123 e. The van der Waals surface area contributed by atoms with Crippen molar-refractivity contribution in [1.82, 2.24) is 10.2 Å². The molecular weight excluding hydrogens is 287 g/mol. The van der Waals surface area contributed by atoms with Crippen molar-refractivity contribution < 1.29 is 4.39 Å². The van der Waals surface area contributed by atoms with Crippen molar-refractivity contribution in [3.05, 3.63) is 70.5 Å². The SMILES string of the molecule is CN(C)CC1CN[C@@H]2c3cc(F)ccc3Cc3ccccc3[C@@H]12. The van der Waals surface area contributed by atoms with E-state index in [0.717, 1.165) is 25.1 Å². The van der Waals surface area contributed by atoms with E-state index in [9.17, 15) is 4.39 Å². The summed E-state index contributed by atoms with van der Waals surface area (Å²) in [6.45, 7) is 2.03. The van der Waals surface area contributed by atoms with Crippen LogP contribution in [0.25, 0.3) is 0 Å². The summed E-state index contributed by atoms with van der Waals surface area (Å²) < 4.78 is 13.9. The van der Waals surface area contributed by atoms with Crippen molar-refractivity contribution in [2.45, 2.75) is 18.4 Å². The Morgan fingerprint density at radius 3 is 2.70 bits per heavy atom. The van der Waals surface area contributed by atoms with E-state index in [4.69, 9.17) is 0 Å². The molecule has 23 heavy (non-hydrogen) atoms. The number of rotatable bonds is 2. The minimum atomic E-state index is -0.133. The highest BCUT2D eigenvalue weighted by molar-refractivity contribution is 5.46. The van der Waals surface area contributed by atoms with Gasteiger partial charge in [0.25, 0.3) is 0 Å². The van der Waals surface area contributed by atoms with Gasteiger partial charge in [-0.25, -0.2) is 4.39 Å². The summed E-state index contributed by atoms with van der Waals surface area (Å²) >= 11 is 0. The molecule has 0 amide bonds. The summed E-state index contributed by atoms with van der Waals surface area (Å²) in [5.41, 5.74) is 5.23. The van der Waals surface area contributed by atoms with Crippen LogP contribution in [0.2, 0.25) is 0 Å². The number of halogens is 1. The Balaban J connectivity index is 1.86. The van der Waals surface area contributed by atoms with Crippen LogP contribution in [0.15, 0.2) is 42.5 Å². The lowest BCUT2D eigenvalue weighted by molar-refractivity contribution is 0.315. The van der Waals surface area contributed by atoms with Crippen molar-refractivity contribution in [3.8, 4) is 0 Å². The zero-order valence-electron chi connectivity index (χ0n) is 13.7. The average Bonchev–Trinajstić information content (AvgIpc) is 2.86. The van der Waals surface area contributed by atoms with Gasteiger partial charge < -0.3 is 10.2 Å². The van der Waals surface area contributed by atoms with Gasteiger partial charge in [0, 0.05) is 25.0 Å². The van der Waals surface area contributed by atoms with Gasteiger partial charge in [0.15, 0.2) is 0 Å². The van der Waals surface area contributed by atoms with E-state index in [0.29, 0.717) is 11.8 Å². The fourth-order valence-corrected chi connectivity index (χ4v) is 4.43. The van der Waals surface area contributed by atoms with Crippen LogP contribution in [0, 0.1) is 11.7 Å². The lowest BCUT2D eigenvalue weighted by Gasteiger charge is -2.27. The fraction of sp³-hybridized carbons (Fsp3) is 0.400. The third-order valence-corrected chi connectivity index (χ3v) is 5.30. The second-order valence-corrected chi connectivity index (χ2v) is 7.15. The molecule has 2 aromatic carbocycles. The van der Waals surface area contributed by atoms with E-state index >= 15 is 0 Å². The molecule has 120 valence electrons. The highest BCUT2D eigenvalue weighted by Gasteiger charge is 2.41. The topological polar surface area (TPSA) is 15.3 Å². The minimum absolute atomic E-state index is 0.133. The molecule has 3 heteroatoms. The van der Waals surface area contributed by atoms with Crippen LogP contribution in [-0.4, -0.2) is 32.1 Å². The highest BCUT2D eigenvalue weighted by atomic mass is 19.1. The molecule has 1 aliphatic carbocycles. The summed E-state index contributed by atoms with van der Waals surface area (Å²) in [4.78, 5) is 2.26. The van der Waals surface area contributed by atoms with Crippen molar-refractivity contribution in [1.29, 1.82) is 0 Å². The first kappa shape index (κ1) is 14.9. The van der Waals surface area contributed by atoms with Crippen LogP contribution >= 0.6 is 0 Å². The Hall–Kier alpha value is -1.71. The van der Waals surface area contributed by atoms with Crippen LogP contribution in [0.4, 0.5) is 4.39 Å². The van der Waals surface area contributed by atoms with Crippen LogP contribution in [0.1, 0.15) is 34.2 Å². The van der Waals surface area contributed by atoms with Crippen molar-refractivity contribution in [2.24, 2.45) is 5.92 Å². The van der Waals surface area contributed by atoms with Gasteiger partial charge in [-0.2, -0.15) is 0 Å². The van der Waals surface area contributed by atoms with Crippen molar-refractivity contribution in [3.63, 3.8) is 0 Å². The summed E-state index contributed by atoms with van der Waals surface area (Å²) in [5, 5.41) is 3.68. The number of hydrogen-bond acceptors (Lipinski definition) is 2. The maximum atomic E-state index is 13.9. The molecule has 4 rings (SSSR count). The predicted molar refractivity (Wildman–Crippen MR) is 91.2 cm³/mol. The summed E-state index contributed by atoms with van der Waals surface area (Å²) in [7, 11) is 4.26. The summed E-state index contributed by atoms with van der Waals surface area (Å²) in [6.07, 6.45) is 0.898. The van der Waals surface area contributed by atoms with E-state index in [-0.39, 0.29) is 11.9 Å². The Kier molecular flexibility index (Phi) is 3.70. The van der Waals surface area contributed by atoms with E-state index in [1.54, 1.807) is 12.1 Å². The maximum absolute atomic E-state index is 13.9. The Morgan fingerprint density at radius 2 is 1.87 bits per heavy atom. The van der Waals surface area contributed by atoms with Gasteiger partial charge in [0.2, 0.25) is 0 Å². The number of benzene rings is 2. The molecule has 1 N–H and O–H groups in total. The lowest BCUT2D eigenvalue weighted by Crippen LogP contribution is -2.26. The molecule has 0 radical (unpaired) electrons. The van der Waals surface area contributed by atoms with Crippen LogP contribution in [0.3, 0.4) is 0 Å². The molecule has 1 heterocycles. The Morgan fingerprint density at radius 1 is 1.09 bits per heavy atom. The lowest BCUT2D eigenvalue weighted by atomic mass is 9.81. The fourth-order valence-electron chi connectivity index (χ4n) is 4.43. The third-order valence-electron chi connectivity index (χ3n) is 5.30. The zero-order valence-corrected chi connectivity index (χ0v) is 13.7. The van der Waals surface area contributed by atoms with Crippen molar-refractivity contribution in [2.75, 3.05) is 27.2 Å². The van der Waals surface area contributed by atoms with E-state index in [1.165, 1.54) is 16.7 Å². The first-order chi connectivity index (χ1) is 11.1. The average molecular weight is 310 g/mol. The third kappa shape index (κ3) is 2.58. The molecule has 2 aromatic rings. The number of fused-ring (bicyclic) bond motifs is 5. The number of hydrogen-bond donors (Lipinski definition) is 1. The monoisotopic (exact) mass is 310 g/mol. The molecule has 0 aromatic heterocycles. The van der Waals surface area contributed by atoms with Gasteiger partial charge in [-0.1, -0.05) is 30.3 Å². The first-order valence-corrected chi connectivity index (χ1v) is 8.37.